The van der Waals surface area contributed by atoms with Crippen molar-refractivity contribution in [3.63, 3.8) is 0 Å². The lowest BCUT2D eigenvalue weighted by atomic mass is 9.67. The number of thiophene rings is 1. The third-order valence-electron chi connectivity index (χ3n) is 5.26. The Hall–Kier alpha value is -1.89. The largest absolute Gasteiger partial charge is 0.355 e. The Morgan fingerprint density at radius 3 is 2.88 bits per heavy atom. The summed E-state index contributed by atoms with van der Waals surface area (Å²) in [6.45, 7) is 6.38. The van der Waals surface area contributed by atoms with Gasteiger partial charge in [0, 0.05) is 36.2 Å². The van der Waals surface area contributed by atoms with Gasteiger partial charge in [0.2, 0.25) is 0 Å². The molecule has 132 valence electrons. The first kappa shape index (κ1) is 16.6. The molecule has 1 saturated heterocycles. The topological polar surface area (TPSA) is 46.1 Å². The lowest BCUT2D eigenvalue weighted by molar-refractivity contribution is -0.131. The van der Waals surface area contributed by atoms with Crippen molar-refractivity contribution in [2.45, 2.75) is 38.5 Å². The molecule has 1 saturated carbocycles. The van der Waals surface area contributed by atoms with Crippen LogP contribution < -0.4 is 4.90 Å². The van der Waals surface area contributed by atoms with Crippen LogP contribution in [0.2, 0.25) is 0 Å². The van der Waals surface area contributed by atoms with Gasteiger partial charge in [0.05, 0.1) is 11.8 Å². The summed E-state index contributed by atoms with van der Waals surface area (Å²) < 4.78 is 28.0. The summed E-state index contributed by atoms with van der Waals surface area (Å²) in [6.07, 6.45) is 3.41. The summed E-state index contributed by atoms with van der Waals surface area (Å²) in [4.78, 5) is 23.5. The van der Waals surface area contributed by atoms with E-state index in [4.69, 9.17) is 0 Å². The molecule has 0 unspecified atom stereocenters. The molecule has 2 aliphatic rings. The number of halogens is 2. The summed E-state index contributed by atoms with van der Waals surface area (Å²) in [5.41, 5.74) is -0.0346. The molecule has 1 aliphatic heterocycles. The first-order chi connectivity index (χ1) is 11.8. The first-order valence-electron chi connectivity index (χ1n) is 8.32. The molecule has 0 aromatic carbocycles. The van der Waals surface area contributed by atoms with E-state index in [1.807, 2.05) is 0 Å². The molecule has 25 heavy (non-hydrogen) atoms. The van der Waals surface area contributed by atoms with E-state index in [0.29, 0.717) is 23.5 Å². The molecule has 1 aliphatic carbocycles. The first-order valence-corrected chi connectivity index (χ1v) is 9.14. The number of fused-ring (bicyclic) bond motifs is 1. The fourth-order valence-electron chi connectivity index (χ4n) is 3.79. The van der Waals surface area contributed by atoms with Gasteiger partial charge in [0.15, 0.2) is 0 Å². The summed E-state index contributed by atoms with van der Waals surface area (Å²) in [5.74, 6) is -1.80. The number of carbonyl (C=O) groups excluding carboxylic acids is 1. The molecular weight excluding hydrogens is 344 g/mol. The average molecular weight is 363 g/mol. The van der Waals surface area contributed by atoms with Gasteiger partial charge in [-0.15, -0.1) is 11.3 Å². The van der Waals surface area contributed by atoms with Gasteiger partial charge < -0.3 is 4.90 Å². The van der Waals surface area contributed by atoms with Crippen molar-refractivity contribution in [3.05, 3.63) is 29.4 Å². The number of rotatable bonds is 4. The lowest BCUT2D eigenvalue weighted by Crippen LogP contribution is -2.40. The van der Waals surface area contributed by atoms with Crippen LogP contribution in [0.25, 0.3) is 10.2 Å². The summed E-state index contributed by atoms with van der Waals surface area (Å²) in [5, 5.41) is 0.822. The molecule has 0 N–H and O–H groups in total. The van der Waals surface area contributed by atoms with Gasteiger partial charge in [-0.2, -0.15) is 0 Å². The zero-order chi connectivity index (χ0) is 17.8. The van der Waals surface area contributed by atoms with Gasteiger partial charge in [0.1, 0.15) is 22.8 Å². The molecule has 1 spiro atoms. The number of anilines is 1. The van der Waals surface area contributed by atoms with Crippen LogP contribution in [0.3, 0.4) is 0 Å². The average Bonchev–Trinajstić information content (AvgIpc) is 3.09. The van der Waals surface area contributed by atoms with E-state index in [1.54, 1.807) is 6.07 Å². The summed E-state index contributed by atoms with van der Waals surface area (Å²) in [7, 11) is 0. The van der Waals surface area contributed by atoms with Crippen molar-refractivity contribution >= 4 is 33.2 Å². The van der Waals surface area contributed by atoms with Crippen molar-refractivity contribution in [2.75, 3.05) is 18.0 Å². The van der Waals surface area contributed by atoms with Gasteiger partial charge in [-0.05, 0) is 25.0 Å². The number of alkyl halides is 2. The fourth-order valence-corrected chi connectivity index (χ4v) is 4.83. The third kappa shape index (κ3) is 2.84. The number of ketones is 1. The Morgan fingerprint density at radius 2 is 2.20 bits per heavy atom. The number of allylic oxidation sites excluding steroid dienone is 1. The Balaban J connectivity index is 1.62. The molecule has 2 aromatic heterocycles. The minimum absolute atomic E-state index is 0.0974. The highest BCUT2D eigenvalue weighted by Gasteiger charge is 2.48. The lowest BCUT2D eigenvalue weighted by Gasteiger charge is -2.36. The van der Waals surface area contributed by atoms with Crippen LogP contribution in [0.5, 0.6) is 0 Å². The normalized spacial score (nSPS) is 19.6. The van der Waals surface area contributed by atoms with Gasteiger partial charge in [-0.1, -0.05) is 6.58 Å². The smallest absolute Gasteiger partial charge is 0.273 e. The second kappa shape index (κ2) is 5.56. The molecule has 2 fully saturated rings. The summed E-state index contributed by atoms with van der Waals surface area (Å²) in [6, 6.07) is 1.78. The van der Waals surface area contributed by atoms with Gasteiger partial charge in [0.25, 0.3) is 5.92 Å². The van der Waals surface area contributed by atoms with Gasteiger partial charge in [-0.3, -0.25) is 4.79 Å². The van der Waals surface area contributed by atoms with Crippen molar-refractivity contribution in [1.29, 1.82) is 0 Å². The molecular formula is C18H19F2N3OS. The molecule has 0 bridgehead atoms. The highest BCUT2D eigenvalue weighted by atomic mass is 32.1. The molecule has 4 rings (SSSR count). The van der Waals surface area contributed by atoms with E-state index in [-0.39, 0.29) is 17.4 Å². The van der Waals surface area contributed by atoms with Crippen LogP contribution in [-0.2, 0) is 11.2 Å². The van der Waals surface area contributed by atoms with Crippen LogP contribution in [0, 0.1) is 5.41 Å². The number of hydrogen-bond donors (Lipinski definition) is 0. The molecule has 0 atom stereocenters. The predicted molar refractivity (Wildman–Crippen MR) is 94.4 cm³/mol. The molecule has 4 nitrogen and oxygen atoms in total. The third-order valence-corrected chi connectivity index (χ3v) is 6.31. The number of carbonyl (C=O) groups is 1. The second-order valence-electron chi connectivity index (χ2n) is 7.35. The number of hydrogen-bond acceptors (Lipinski definition) is 5. The van der Waals surface area contributed by atoms with E-state index in [1.165, 1.54) is 24.6 Å². The Bertz CT molecular complexity index is 868. The second-order valence-corrected chi connectivity index (χ2v) is 8.47. The zero-order valence-corrected chi connectivity index (χ0v) is 14.8. The molecule has 3 heterocycles. The number of aromatic nitrogens is 2. The Kier molecular flexibility index (Phi) is 3.68. The number of nitrogens with zero attached hydrogens (tertiary/aromatic N) is 3. The quantitative estimate of drug-likeness (QED) is 0.770. The van der Waals surface area contributed by atoms with Crippen molar-refractivity contribution in [1.82, 2.24) is 9.97 Å². The molecule has 2 aromatic rings. The maximum absolute atomic E-state index is 14.0. The van der Waals surface area contributed by atoms with E-state index >= 15 is 0 Å². The van der Waals surface area contributed by atoms with E-state index < -0.39 is 5.92 Å². The fraction of sp³-hybridized carbons (Fsp3) is 0.500. The van der Waals surface area contributed by atoms with Crippen LogP contribution in [-0.4, -0.2) is 34.8 Å². The van der Waals surface area contributed by atoms with E-state index in [0.717, 1.165) is 35.5 Å². The Labute approximate surface area is 148 Å². The van der Waals surface area contributed by atoms with Crippen molar-refractivity contribution in [3.8, 4) is 0 Å². The highest BCUT2D eigenvalue weighted by Crippen LogP contribution is 2.47. The van der Waals surface area contributed by atoms with E-state index in [9.17, 15) is 13.6 Å². The maximum Gasteiger partial charge on any atom is 0.273 e. The minimum Gasteiger partial charge on any atom is -0.355 e. The monoisotopic (exact) mass is 363 g/mol. The van der Waals surface area contributed by atoms with Crippen molar-refractivity contribution in [2.24, 2.45) is 5.41 Å². The van der Waals surface area contributed by atoms with Crippen molar-refractivity contribution < 1.29 is 13.6 Å². The van der Waals surface area contributed by atoms with Gasteiger partial charge in [-0.25, -0.2) is 18.7 Å². The predicted octanol–water partition coefficient (Wildman–Crippen LogP) is 4.00. The van der Waals surface area contributed by atoms with Crippen LogP contribution >= 0.6 is 11.3 Å². The van der Waals surface area contributed by atoms with Crippen LogP contribution in [0.4, 0.5) is 14.6 Å². The maximum atomic E-state index is 14.0. The minimum atomic E-state index is -2.92. The standard InChI is InChI=1S/C18H19F2N3OS/c1-11(2)18(19,20)8-13-5-14-15(21-10-22-16(14)25-13)23-4-3-17(9-23)6-12(24)7-17/h5,10H,1,3-4,6-9H2,2H3. The van der Waals surface area contributed by atoms with Crippen LogP contribution in [0.15, 0.2) is 24.5 Å². The van der Waals surface area contributed by atoms with E-state index in [2.05, 4.69) is 21.4 Å². The zero-order valence-electron chi connectivity index (χ0n) is 14.0. The SMILES string of the molecule is C=C(C)C(F)(F)Cc1cc2c(N3CCC4(CC(=O)C4)C3)ncnc2s1. The van der Waals surface area contributed by atoms with Crippen LogP contribution in [0.1, 0.15) is 31.1 Å². The molecule has 0 radical (unpaired) electrons. The summed E-state index contributed by atoms with van der Waals surface area (Å²) >= 11 is 1.28. The number of Topliss-reactive ketones (excluding diaryl/α,β-unsaturated/α-hetero) is 1. The Morgan fingerprint density at radius 1 is 1.44 bits per heavy atom. The highest BCUT2D eigenvalue weighted by molar-refractivity contribution is 7.18. The molecule has 7 heteroatoms. The molecule has 0 amide bonds. The van der Waals surface area contributed by atoms with Gasteiger partial charge >= 0.3 is 0 Å².